The Bertz CT molecular complexity index is 878. The summed E-state index contributed by atoms with van der Waals surface area (Å²) in [4.78, 5) is 24.8. The van der Waals surface area contributed by atoms with Gasteiger partial charge in [0.25, 0.3) is 5.91 Å². The van der Waals surface area contributed by atoms with Crippen LogP contribution in [0.5, 0.6) is 0 Å². The molecule has 2 aromatic carbocycles. The van der Waals surface area contributed by atoms with Gasteiger partial charge in [-0.05, 0) is 42.5 Å². The normalized spacial score (nSPS) is 10.3. The topological polar surface area (TPSA) is 61.4 Å². The van der Waals surface area contributed by atoms with Crippen LogP contribution in [-0.4, -0.2) is 37.0 Å². The van der Waals surface area contributed by atoms with E-state index in [9.17, 15) is 4.79 Å². The largest absolute Gasteiger partial charge is 0.378 e. The van der Waals surface area contributed by atoms with Crippen LogP contribution in [0.15, 0.2) is 66.9 Å². The molecule has 3 aromatic rings. The number of para-hydroxylation sites is 1. The molecule has 0 fully saturated rings. The summed E-state index contributed by atoms with van der Waals surface area (Å²) in [5.41, 5.74) is 3.10. The van der Waals surface area contributed by atoms with Crippen molar-refractivity contribution in [1.29, 1.82) is 0 Å². The standard InChI is InChI=1S/C20H21N5O/c1-24(2)16-11-9-15(10-12-16)22-20-21-14-13-18(23-20)19(26)25(3)17-7-5-4-6-8-17/h4-14H,1-3H3,(H,21,22,23). The van der Waals surface area contributed by atoms with Gasteiger partial charge < -0.3 is 15.1 Å². The van der Waals surface area contributed by atoms with Gasteiger partial charge in [-0.25, -0.2) is 9.97 Å². The van der Waals surface area contributed by atoms with Gasteiger partial charge in [-0.1, -0.05) is 18.2 Å². The number of anilines is 4. The third-order valence-corrected chi connectivity index (χ3v) is 3.96. The SMILES string of the molecule is CN(C)c1ccc(Nc2nccc(C(=O)N(C)c3ccccc3)n2)cc1. The zero-order chi connectivity index (χ0) is 18.5. The number of hydrogen-bond acceptors (Lipinski definition) is 5. The van der Waals surface area contributed by atoms with E-state index in [0.717, 1.165) is 17.1 Å². The Morgan fingerprint density at radius 2 is 1.58 bits per heavy atom. The van der Waals surface area contributed by atoms with Crippen molar-refractivity contribution in [2.24, 2.45) is 0 Å². The van der Waals surface area contributed by atoms with Crippen molar-refractivity contribution >= 4 is 28.9 Å². The second-order valence-corrected chi connectivity index (χ2v) is 6.03. The van der Waals surface area contributed by atoms with E-state index in [1.165, 1.54) is 0 Å². The fourth-order valence-electron chi connectivity index (χ4n) is 2.45. The molecule has 3 rings (SSSR count). The van der Waals surface area contributed by atoms with Crippen molar-refractivity contribution in [2.45, 2.75) is 0 Å². The first kappa shape index (κ1) is 17.4. The summed E-state index contributed by atoms with van der Waals surface area (Å²) in [7, 11) is 5.71. The summed E-state index contributed by atoms with van der Waals surface area (Å²) in [6.07, 6.45) is 1.58. The van der Waals surface area contributed by atoms with Crippen molar-refractivity contribution < 1.29 is 4.79 Å². The monoisotopic (exact) mass is 347 g/mol. The Balaban J connectivity index is 1.76. The first-order valence-electron chi connectivity index (χ1n) is 8.25. The summed E-state index contributed by atoms with van der Waals surface area (Å²) in [6, 6.07) is 19.0. The highest BCUT2D eigenvalue weighted by Crippen LogP contribution is 2.19. The fourth-order valence-corrected chi connectivity index (χ4v) is 2.45. The minimum absolute atomic E-state index is 0.190. The molecule has 1 heterocycles. The molecule has 0 atom stereocenters. The van der Waals surface area contributed by atoms with E-state index in [1.54, 1.807) is 24.2 Å². The van der Waals surface area contributed by atoms with E-state index in [2.05, 4.69) is 15.3 Å². The number of carbonyl (C=O) groups is 1. The van der Waals surface area contributed by atoms with E-state index >= 15 is 0 Å². The maximum absolute atomic E-state index is 12.7. The molecule has 1 N–H and O–H groups in total. The maximum Gasteiger partial charge on any atom is 0.276 e. The minimum Gasteiger partial charge on any atom is -0.378 e. The third-order valence-electron chi connectivity index (χ3n) is 3.96. The zero-order valence-electron chi connectivity index (χ0n) is 15.0. The van der Waals surface area contributed by atoms with Crippen LogP contribution >= 0.6 is 0 Å². The lowest BCUT2D eigenvalue weighted by Gasteiger charge is -2.17. The van der Waals surface area contributed by atoms with Gasteiger partial charge >= 0.3 is 0 Å². The van der Waals surface area contributed by atoms with Crippen LogP contribution in [0.2, 0.25) is 0 Å². The molecule has 0 saturated carbocycles. The highest BCUT2D eigenvalue weighted by Gasteiger charge is 2.15. The lowest BCUT2D eigenvalue weighted by atomic mass is 10.2. The number of amides is 1. The van der Waals surface area contributed by atoms with Gasteiger partial charge in [0.2, 0.25) is 5.95 Å². The molecule has 132 valence electrons. The molecule has 0 saturated heterocycles. The maximum atomic E-state index is 12.7. The number of rotatable bonds is 5. The van der Waals surface area contributed by atoms with Gasteiger partial charge in [0, 0.05) is 44.4 Å². The molecule has 6 nitrogen and oxygen atoms in total. The first-order chi connectivity index (χ1) is 12.5. The Morgan fingerprint density at radius 1 is 0.885 bits per heavy atom. The van der Waals surface area contributed by atoms with Crippen LogP contribution in [0.4, 0.5) is 23.0 Å². The summed E-state index contributed by atoms with van der Waals surface area (Å²) < 4.78 is 0. The molecule has 26 heavy (non-hydrogen) atoms. The number of nitrogens with zero attached hydrogens (tertiary/aromatic N) is 4. The van der Waals surface area contributed by atoms with E-state index in [1.807, 2.05) is 73.6 Å². The van der Waals surface area contributed by atoms with Crippen LogP contribution in [0.3, 0.4) is 0 Å². The zero-order valence-corrected chi connectivity index (χ0v) is 15.0. The summed E-state index contributed by atoms with van der Waals surface area (Å²) in [5, 5.41) is 3.13. The minimum atomic E-state index is -0.190. The van der Waals surface area contributed by atoms with E-state index in [4.69, 9.17) is 0 Å². The second kappa shape index (κ2) is 7.65. The van der Waals surface area contributed by atoms with E-state index in [-0.39, 0.29) is 5.91 Å². The summed E-state index contributed by atoms with van der Waals surface area (Å²) in [6.45, 7) is 0. The van der Waals surface area contributed by atoms with Crippen molar-refractivity contribution in [1.82, 2.24) is 9.97 Å². The molecule has 1 aromatic heterocycles. The molecule has 0 radical (unpaired) electrons. The second-order valence-electron chi connectivity index (χ2n) is 6.03. The molecule has 1 amide bonds. The van der Waals surface area contributed by atoms with Crippen LogP contribution in [0.25, 0.3) is 0 Å². The average molecular weight is 347 g/mol. The first-order valence-corrected chi connectivity index (χ1v) is 8.25. The van der Waals surface area contributed by atoms with Gasteiger partial charge in [-0.2, -0.15) is 0 Å². The molecular weight excluding hydrogens is 326 g/mol. The number of benzene rings is 2. The average Bonchev–Trinajstić information content (AvgIpc) is 2.68. The smallest absolute Gasteiger partial charge is 0.276 e. The van der Waals surface area contributed by atoms with Crippen molar-refractivity contribution in [3.05, 3.63) is 72.6 Å². The Hall–Kier alpha value is -3.41. The lowest BCUT2D eigenvalue weighted by Crippen LogP contribution is -2.27. The number of aromatic nitrogens is 2. The Labute approximate surface area is 153 Å². The predicted octanol–water partition coefficient (Wildman–Crippen LogP) is 3.56. The summed E-state index contributed by atoms with van der Waals surface area (Å²) >= 11 is 0. The van der Waals surface area contributed by atoms with Gasteiger partial charge in [-0.15, -0.1) is 0 Å². The molecule has 0 aliphatic rings. The third kappa shape index (κ3) is 3.97. The quantitative estimate of drug-likeness (QED) is 0.765. The predicted molar refractivity (Wildman–Crippen MR) is 105 cm³/mol. The van der Waals surface area contributed by atoms with Gasteiger partial charge in [0.15, 0.2) is 0 Å². The molecular formula is C20H21N5O. The van der Waals surface area contributed by atoms with Crippen LogP contribution in [-0.2, 0) is 0 Å². The summed E-state index contributed by atoms with van der Waals surface area (Å²) in [5.74, 6) is 0.194. The van der Waals surface area contributed by atoms with E-state index < -0.39 is 0 Å². The highest BCUT2D eigenvalue weighted by molar-refractivity contribution is 6.04. The Morgan fingerprint density at radius 3 is 2.23 bits per heavy atom. The lowest BCUT2D eigenvalue weighted by molar-refractivity contribution is 0.0988. The number of nitrogens with one attached hydrogen (secondary N) is 1. The molecule has 0 aliphatic carbocycles. The molecule has 6 heteroatoms. The van der Waals surface area contributed by atoms with Crippen molar-refractivity contribution in [3.63, 3.8) is 0 Å². The van der Waals surface area contributed by atoms with Crippen LogP contribution in [0, 0.1) is 0 Å². The van der Waals surface area contributed by atoms with Crippen LogP contribution < -0.4 is 15.1 Å². The van der Waals surface area contributed by atoms with Gasteiger partial charge in [-0.3, -0.25) is 4.79 Å². The van der Waals surface area contributed by atoms with Gasteiger partial charge in [0.05, 0.1) is 0 Å². The Kier molecular flexibility index (Phi) is 5.12. The molecule has 0 bridgehead atoms. The fraction of sp³-hybridized carbons (Fsp3) is 0.150. The molecule has 0 unspecified atom stereocenters. The van der Waals surface area contributed by atoms with E-state index in [0.29, 0.717) is 11.6 Å². The number of hydrogen-bond donors (Lipinski definition) is 1. The van der Waals surface area contributed by atoms with Gasteiger partial charge in [0.1, 0.15) is 5.69 Å². The van der Waals surface area contributed by atoms with Crippen molar-refractivity contribution in [3.8, 4) is 0 Å². The van der Waals surface area contributed by atoms with Crippen molar-refractivity contribution in [2.75, 3.05) is 36.3 Å². The number of carbonyl (C=O) groups excluding carboxylic acids is 1. The molecule has 0 aliphatic heterocycles. The van der Waals surface area contributed by atoms with Crippen LogP contribution in [0.1, 0.15) is 10.5 Å². The molecule has 0 spiro atoms. The highest BCUT2D eigenvalue weighted by atomic mass is 16.2.